The Kier molecular flexibility index (Phi) is 11.2. The monoisotopic (exact) mass is 439 g/mol. The fourth-order valence-electron chi connectivity index (χ4n) is 3.09. The largest absolute Gasteiger partial charge is 0.381 e. The first-order valence-electron chi connectivity index (χ1n) is 8.90. The molecule has 0 radical (unpaired) electrons. The van der Waals surface area contributed by atoms with Gasteiger partial charge in [0.15, 0.2) is 5.96 Å². The summed E-state index contributed by atoms with van der Waals surface area (Å²) in [6, 6.07) is 0. The van der Waals surface area contributed by atoms with E-state index in [1.165, 1.54) is 12.8 Å². The Labute approximate surface area is 158 Å². The molecule has 0 saturated carbocycles. The van der Waals surface area contributed by atoms with Crippen molar-refractivity contribution in [1.82, 2.24) is 10.2 Å². The lowest BCUT2D eigenvalue weighted by molar-refractivity contribution is 0.0203. The molecular weight excluding hydrogens is 405 g/mol. The van der Waals surface area contributed by atoms with Crippen LogP contribution in [0.5, 0.6) is 0 Å². The van der Waals surface area contributed by atoms with Gasteiger partial charge in [-0.1, -0.05) is 6.92 Å². The van der Waals surface area contributed by atoms with Gasteiger partial charge in [0.05, 0.1) is 0 Å². The number of halogens is 1. The van der Waals surface area contributed by atoms with E-state index in [1.54, 1.807) is 0 Å². The summed E-state index contributed by atoms with van der Waals surface area (Å²) in [5, 5.41) is 3.47. The number of likely N-dealkylation sites (tertiary alicyclic amines) is 1. The standard InChI is InChI=1S/C17H33N3O2.HI/c1-15-4-9-20(10-5-15)17(18-2)19-8-3-11-22-14-16-6-12-21-13-7-16;/h15-16H,3-14H2,1-2H3,(H,18,19);1H. The molecule has 0 aromatic carbocycles. The van der Waals surface area contributed by atoms with Crippen LogP contribution < -0.4 is 5.32 Å². The fraction of sp³-hybridized carbons (Fsp3) is 0.941. The van der Waals surface area contributed by atoms with Crippen LogP contribution in [0.1, 0.15) is 39.0 Å². The van der Waals surface area contributed by atoms with Gasteiger partial charge in [0.1, 0.15) is 0 Å². The first-order chi connectivity index (χ1) is 10.8. The maximum Gasteiger partial charge on any atom is 0.193 e. The Morgan fingerprint density at radius 2 is 1.91 bits per heavy atom. The third-order valence-corrected chi connectivity index (χ3v) is 4.74. The summed E-state index contributed by atoms with van der Waals surface area (Å²) in [5.41, 5.74) is 0. The lowest BCUT2D eigenvalue weighted by Gasteiger charge is -2.32. The van der Waals surface area contributed by atoms with Crippen LogP contribution >= 0.6 is 24.0 Å². The van der Waals surface area contributed by atoms with E-state index in [-0.39, 0.29) is 24.0 Å². The van der Waals surface area contributed by atoms with Crippen LogP contribution in [0.25, 0.3) is 0 Å². The van der Waals surface area contributed by atoms with Gasteiger partial charge in [-0.15, -0.1) is 24.0 Å². The quantitative estimate of drug-likeness (QED) is 0.299. The number of hydrogen-bond acceptors (Lipinski definition) is 3. The second kappa shape index (κ2) is 12.3. The maximum absolute atomic E-state index is 5.80. The molecule has 0 aromatic rings. The Morgan fingerprint density at radius 3 is 2.57 bits per heavy atom. The fourth-order valence-corrected chi connectivity index (χ4v) is 3.09. The lowest BCUT2D eigenvalue weighted by Crippen LogP contribution is -2.45. The van der Waals surface area contributed by atoms with Gasteiger partial charge in [0.2, 0.25) is 0 Å². The van der Waals surface area contributed by atoms with Gasteiger partial charge in [-0.3, -0.25) is 4.99 Å². The zero-order valence-electron chi connectivity index (χ0n) is 14.8. The summed E-state index contributed by atoms with van der Waals surface area (Å²) in [5.74, 6) is 2.61. The van der Waals surface area contributed by atoms with E-state index in [0.717, 1.165) is 77.2 Å². The SMILES string of the molecule is CN=C(NCCCOCC1CCOCC1)N1CCC(C)CC1.I. The molecule has 0 aliphatic carbocycles. The van der Waals surface area contributed by atoms with Crippen molar-refractivity contribution in [3.05, 3.63) is 0 Å². The van der Waals surface area contributed by atoms with Gasteiger partial charge < -0.3 is 19.7 Å². The Hall–Kier alpha value is -0.0800. The van der Waals surface area contributed by atoms with E-state index in [2.05, 4.69) is 22.1 Å². The van der Waals surface area contributed by atoms with Crippen molar-refractivity contribution in [2.24, 2.45) is 16.8 Å². The van der Waals surface area contributed by atoms with E-state index in [4.69, 9.17) is 9.47 Å². The average Bonchev–Trinajstić information content (AvgIpc) is 2.56. The van der Waals surface area contributed by atoms with Gasteiger partial charge in [0.25, 0.3) is 0 Å². The second-order valence-electron chi connectivity index (χ2n) is 6.63. The number of nitrogens with zero attached hydrogens (tertiary/aromatic N) is 2. The molecule has 2 aliphatic heterocycles. The average molecular weight is 439 g/mol. The van der Waals surface area contributed by atoms with Crippen molar-refractivity contribution < 1.29 is 9.47 Å². The summed E-state index contributed by atoms with van der Waals surface area (Å²) < 4.78 is 11.2. The van der Waals surface area contributed by atoms with Gasteiger partial charge in [-0.2, -0.15) is 0 Å². The number of nitrogens with one attached hydrogen (secondary N) is 1. The number of aliphatic imine (C=N–C) groups is 1. The molecule has 0 spiro atoms. The molecule has 5 nitrogen and oxygen atoms in total. The normalized spacial score (nSPS) is 21.1. The highest BCUT2D eigenvalue weighted by Crippen LogP contribution is 2.16. The smallest absolute Gasteiger partial charge is 0.193 e. The van der Waals surface area contributed by atoms with Crippen molar-refractivity contribution in [3.8, 4) is 0 Å². The number of guanidine groups is 1. The first-order valence-corrected chi connectivity index (χ1v) is 8.90. The molecule has 136 valence electrons. The molecule has 0 bridgehead atoms. The number of piperidine rings is 1. The zero-order chi connectivity index (χ0) is 15.6. The van der Waals surface area contributed by atoms with Crippen LogP contribution in [0.4, 0.5) is 0 Å². The van der Waals surface area contributed by atoms with Gasteiger partial charge in [0, 0.05) is 53.1 Å². The molecule has 2 rings (SSSR count). The molecule has 23 heavy (non-hydrogen) atoms. The van der Waals surface area contributed by atoms with Crippen LogP contribution in [0.2, 0.25) is 0 Å². The molecule has 0 amide bonds. The summed E-state index contributed by atoms with van der Waals surface area (Å²) in [6.07, 6.45) is 5.88. The minimum atomic E-state index is 0. The highest BCUT2D eigenvalue weighted by atomic mass is 127. The molecule has 2 heterocycles. The zero-order valence-corrected chi connectivity index (χ0v) is 17.1. The van der Waals surface area contributed by atoms with Crippen molar-refractivity contribution in [3.63, 3.8) is 0 Å². The third kappa shape index (κ3) is 8.03. The minimum Gasteiger partial charge on any atom is -0.381 e. The van der Waals surface area contributed by atoms with E-state index in [1.807, 2.05) is 7.05 Å². The van der Waals surface area contributed by atoms with Crippen LogP contribution in [0, 0.1) is 11.8 Å². The topological polar surface area (TPSA) is 46.1 Å². The second-order valence-corrected chi connectivity index (χ2v) is 6.63. The molecular formula is C17H34IN3O2. The summed E-state index contributed by atoms with van der Waals surface area (Å²) in [7, 11) is 1.88. The number of rotatable bonds is 6. The van der Waals surface area contributed by atoms with Gasteiger partial charge >= 0.3 is 0 Å². The Balaban J connectivity index is 0.00000264. The van der Waals surface area contributed by atoms with E-state index in [0.29, 0.717) is 5.92 Å². The molecule has 0 atom stereocenters. The molecule has 0 aromatic heterocycles. The number of hydrogen-bond donors (Lipinski definition) is 1. The van der Waals surface area contributed by atoms with Crippen LogP contribution in [-0.4, -0.2) is 64.0 Å². The summed E-state index contributed by atoms with van der Waals surface area (Å²) in [6.45, 7) is 9.05. The Morgan fingerprint density at radius 1 is 1.22 bits per heavy atom. The van der Waals surface area contributed by atoms with Gasteiger partial charge in [-0.25, -0.2) is 0 Å². The highest BCUT2D eigenvalue weighted by molar-refractivity contribution is 14.0. The van der Waals surface area contributed by atoms with Gasteiger partial charge in [-0.05, 0) is 43.9 Å². The lowest BCUT2D eigenvalue weighted by atomic mass is 10.00. The molecule has 2 saturated heterocycles. The summed E-state index contributed by atoms with van der Waals surface area (Å²) >= 11 is 0. The van der Waals surface area contributed by atoms with E-state index in [9.17, 15) is 0 Å². The van der Waals surface area contributed by atoms with E-state index >= 15 is 0 Å². The van der Waals surface area contributed by atoms with Crippen molar-refractivity contribution in [2.45, 2.75) is 39.0 Å². The van der Waals surface area contributed by atoms with Crippen LogP contribution in [0.3, 0.4) is 0 Å². The minimum absolute atomic E-state index is 0. The van der Waals surface area contributed by atoms with E-state index < -0.39 is 0 Å². The third-order valence-electron chi connectivity index (χ3n) is 4.74. The number of ether oxygens (including phenoxy) is 2. The molecule has 1 N–H and O–H groups in total. The molecule has 2 fully saturated rings. The highest BCUT2D eigenvalue weighted by Gasteiger charge is 2.18. The van der Waals surface area contributed by atoms with Crippen LogP contribution in [0.15, 0.2) is 4.99 Å². The van der Waals surface area contributed by atoms with Crippen molar-refractivity contribution in [1.29, 1.82) is 0 Å². The van der Waals surface area contributed by atoms with Crippen molar-refractivity contribution in [2.75, 3.05) is 53.1 Å². The molecule has 6 heteroatoms. The molecule has 0 unspecified atom stereocenters. The van der Waals surface area contributed by atoms with Crippen LogP contribution in [-0.2, 0) is 9.47 Å². The predicted molar refractivity (Wildman–Crippen MR) is 106 cm³/mol. The summed E-state index contributed by atoms with van der Waals surface area (Å²) in [4.78, 5) is 6.78. The first kappa shape index (κ1) is 21.0. The predicted octanol–water partition coefficient (Wildman–Crippen LogP) is 2.75. The maximum atomic E-state index is 5.80. The Bertz CT molecular complexity index is 328. The molecule has 2 aliphatic rings. The van der Waals surface area contributed by atoms with Crippen molar-refractivity contribution >= 4 is 29.9 Å².